The van der Waals surface area contributed by atoms with E-state index in [1.165, 1.54) is 6.42 Å². The number of rotatable bonds is 4. The Hall–Kier alpha value is -2.95. The van der Waals surface area contributed by atoms with Gasteiger partial charge in [0.15, 0.2) is 0 Å². The molecule has 0 radical (unpaired) electrons. The fourth-order valence-electron chi connectivity index (χ4n) is 5.53. The maximum Gasteiger partial charge on any atom is 0.338 e. The van der Waals surface area contributed by atoms with Crippen molar-refractivity contribution in [1.82, 2.24) is 9.88 Å². The highest BCUT2D eigenvalue weighted by atomic mass is 16.5. The van der Waals surface area contributed by atoms with E-state index < -0.39 is 0 Å². The number of carbonyl (C=O) groups is 1. The molecule has 166 valence electrons. The van der Waals surface area contributed by atoms with Gasteiger partial charge >= 0.3 is 5.97 Å². The normalized spacial score (nSPS) is 20.8. The zero-order valence-electron chi connectivity index (χ0n) is 18.5. The lowest BCUT2D eigenvalue weighted by atomic mass is 9.77. The highest BCUT2D eigenvalue weighted by molar-refractivity contribution is 5.93. The molecule has 5 rings (SSSR count). The van der Waals surface area contributed by atoms with Gasteiger partial charge in [0.2, 0.25) is 0 Å². The number of likely N-dealkylation sites (tertiary alicyclic amines) is 1. The van der Waals surface area contributed by atoms with E-state index in [0.29, 0.717) is 23.1 Å². The molecule has 1 aromatic heterocycles. The molecular weight excluding hydrogens is 402 g/mol. The SMILES string of the molecule is Cc1c([C@@H](N)CN2CCC3(CC2)CCN(c2ccc(C#N)cn2)C3)ccc2c1COC2=O. The smallest absolute Gasteiger partial charge is 0.338 e. The number of anilines is 1. The molecule has 0 saturated carbocycles. The predicted molar refractivity (Wildman–Crippen MR) is 121 cm³/mol. The first-order valence-corrected chi connectivity index (χ1v) is 11.4. The Morgan fingerprint density at radius 1 is 1.22 bits per heavy atom. The number of nitrogens with two attached hydrogens (primary N) is 1. The van der Waals surface area contributed by atoms with Gasteiger partial charge in [-0.05, 0) is 74.0 Å². The molecular formula is C25H29N5O2. The molecule has 0 amide bonds. The molecule has 2 saturated heterocycles. The van der Waals surface area contributed by atoms with Crippen LogP contribution in [0.5, 0.6) is 0 Å². The Bertz CT molecular complexity index is 1070. The monoisotopic (exact) mass is 431 g/mol. The fraction of sp³-hybridized carbons (Fsp3) is 0.480. The molecule has 7 nitrogen and oxygen atoms in total. The highest BCUT2D eigenvalue weighted by Crippen LogP contribution is 2.42. The number of aromatic nitrogens is 1. The molecule has 32 heavy (non-hydrogen) atoms. The number of piperidine rings is 1. The van der Waals surface area contributed by atoms with Crippen molar-refractivity contribution < 1.29 is 9.53 Å². The third kappa shape index (κ3) is 3.74. The van der Waals surface area contributed by atoms with Crippen LogP contribution in [0.15, 0.2) is 30.5 Å². The van der Waals surface area contributed by atoms with Gasteiger partial charge in [-0.1, -0.05) is 6.07 Å². The van der Waals surface area contributed by atoms with Crippen LogP contribution < -0.4 is 10.6 Å². The topological polar surface area (TPSA) is 95.5 Å². The van der Waals surface area contributed by atoms with E-state index in [9.17, 15) is 4.79 Å². The molecule has 0 aliphatic carbocycles. The third-order valence-electron chi connectivity index (χ3n) is 7.62. The lowest BCUT2D eigenvalue weighted by molar-refractivity contribution is 0.0535. The summed E-state index contributed by atoms with van der Waals surface area (Å²) in [5, 5.41) is 8.98. The summed E-state index contributed by atoms with van der Waals surface area (Å²) in [6.45, 7) is 7.38. The summed E-state index contributed by atoms with van der Waals surface area (Å²) < 4.78 is 5.18. The molecule has 4 heterocycles. The number of nitriles is 1. The van der Waals surface area contributed by atoms with Crippen LogP contribution in [0.25, 0.3) is 0 Å². The number of cyclic esters (lactones) is 1. The van der Waals surface area contributed by atoms with Crippen molar-refractivity contribution >= 4 is 11.8 Å². The average molecular weight is 432 g/mol. The van der Waals surface area contributed by atoms with E-state index in [1.54, 1.807) is 6.20 Å². The van der Waals surface area contributed by atoms with E-state index in [0.717, 1.165) is 68.1 Å². The Morgan fingerprint density at radius 2 is 2.00 bits per heavy atom. The first-order chi connectivity index (χ1) is 15.5. The molecule has 2 aromatic rings. The standard InChI is InChI=1S/C25H29N5O2/c1-17-19(3-4-20-21(17)15-32-24(20)31)22(27)14-29-9-6-25(7-10-29)8-11-30(16-25)23-5-2-18(12-26)13-28-23/h2-5,13,22H,6-11,14-16,27H2,1H3/t22-/m0/s1. The lowest BCUT2D eigenvalue weighted by Crippen LogP contribution is -2.44. The van der Waals surface area contributed by atoms with E-state index in [-0.39, 0.29) is 12.0 Å². The molecule has 1 atom stereocenters. The summed E-state index contributed by atoms with van der Waals surface area (Å²) in [6, 6.07) is 9.73. The summed E-state index contributed by atoms with van der Waals surface area (Å²) in [4.78, 5) is 21.1. The maximum absolute atomic E-state index is 11.8. The van der Waals surface area contributed by atoms with Gasteiger partial charge in [-0.2, -0.15) is 5.26 Å². The molecule has 1 aromatic carbocycles. The fourth-order valence-corrected chi connectivity index (χ4v) is 5.53. The van der Waals surface area contributed by atoms with Crippen LogP contribution in [0.1, 0.15) is 57.9 Å². The van der Waals surface area contributed by atoms with E-state index in [4.69, 9.17) is 15.7 Å². The van der Waals surface area contributed by atoms with Crippen molar-refractivity contribution in [2.75, 3.05) is 37.6 Å². The molecule has 2 N–H and O–H groups in total. The maximum atomic E-state index is 11.8. The number of esters is 1. The van der Waals surface area contributed by atoms with E-state index >= 15 is 0 Å². The summed E-state index contributed by atoms with van der Waals surface area (Å²) in [5.74, 6) is 0.742. The van der Waals surface area contributed by atoms with Crippen LogP contribution in [0.4, 0.5) is 5.82 Å². The van der Waals surface area contributed by atoms with E-state index in [1.807, 2.05) is 31.2 Å². The second kappa shape index (κ2) is 8.19. The molecule has 3 aliphatic rings. The van der Waals surface area contributed by atoms with Crippen molar-refractivity contribution in [3.63, 3.8) is 0 Å². The van der Waals surface area contributed by atoms with Crippen LogP contribution in [0, 0.1) is 23.7 Å². The molecule has 1 spiro atoms. The Labute approximate surface area is 188 Å². The van der Waals surface area contributed by atoms with Crippen LogP contribution in [-0.4, -0.2) is 48.6 Å². The quantitative estimate of drug-likeness (QED) is 0.744. The first kappa shape index (κ1) is 20.9. The van der Waals surface area contributed by atoms with Crippen molar-refractivity contribution in [2.24, 2.45) is 11.1 Å². The third-order valence-corrected chi connectivity index (χ3v) is 7.62. The van der Waals surface area contributed by atoms with Crippen LogP contribution in [0.2, 0.25) is 0 Å². The second-order valence-electron chi connectivity index (χ2n) is 9.48. The number of ether oxygens (including phenoxy) is 1. The Balaban J connectivity index is 1.18. The van der Waals surface area contributed by atoms with Gasteiger partial charge in [0.05, 0.1) is 11.1 Å². The molecule has 0 unspecified atom stereocenters. The minimum Gasteiger partial charge on any atom is -0.457 e. The van der Waals surface area contributed by atoms with Crippen LogP contribution in [0.3, 0.4) is 0 Å². The van der Waals surface area contributed by atoms with Gasteiger partial charge in [0.1, 0.15) is 18.5 Å². The van der Waals surface area contributed by atoms with Gasteiger partial charge in [-0.3, -0.25) is 0 Å². The largest absolute Gasteiger partial charge is 0.457 e. The molecule has 7 heteroatoms. The van der Waals surface area contributed by atoms with Crippen molar-refractivity contribution in [3.05, 3.63) is 58.3 Å². The number of pyridine rings is 1. The number of hydrogen-bond acceptors (Lipinski definition) is 7. The summed E-state index contributed by atoms with van der Waals surface area (Å²) in [7, 11) is 0. The van der Waals surface area contributed by atoms with Gasteiger partial charge < -0.3 is 20.3 Å². The highest BCUT2D eigenvalue weighted by Gasteiger charge is 2.41. The van der Waals surface area contributed by atoms with Crippen LogP contribution >= 0.6 is 0 Å². The van der Waals surface area contributed by atoms with E-state index in [2.05, 4.69) is 20.9 Å². The number of nitrogens with zero attached hydrogens (tertiary/aromatic N) is 4. The number of fused-ring (bicyclic) bond motifs is 1. The van der Waals surface area contributed by atoms with Gasteiger partial charge in [-0.25, -0.2) is 9.78 Å². The van der Waals surface area contributed by atoms with Gasteiger partial charge in [-0.15, -0.1) is 0 Å². The predicted octanol–water partition coefficient (Wildman–Crippen LogP) is 2.92. The Morgan fingerprint density at radius 3 is 2.72 bits per heavy atom. The van der Waals surface area contributed by atoms with Crippen molar-refractivity contribution in [2.45, 2.75) is 38.8 Å². The molecule has 2 fully saturated rings. The minimum atomic E-state index is -0.230. The lowest BCUT2D eigenvalue weighted by Gasteiger charge is -2.40. The Kier molecular flexibility index (Phi) is 5.36. The summed E-state index contributed by atoms with van der Waals surface area (Å²) >= 11 is 0. The summed E-state index contributed by atoms with van der Waals surface area (Å²) in [5.41, 5.74) is 11.4. The zero-order valence-corrected chi connectivity index (χ0v) is 18.5. The van der Waals surface area contributed by atoms with Crippen molar-refractivity contribution in [3.8, 4) is 6.07 Å². The number of benzene rings is 1. The molecule has 3 aliphatic heterocycles. The van der Waals surface area contributed by atoms with Gasteiger partial charge in [0, 0.05) is 37.4 Å². The van der Waals surface area contributed by atoms with Crippen LogP contribution in [-0.2, 0) is 11.3 Å². The van der Waals surface area contributed by atoms with Crippen molar-refractivity contribution in [1.29, 1.82) is 5.26 Å². The summed E-state index contributed by atoms with van der Waals surface area (Å²) in [6.07, 6.45) is 5.18. The second-order valence-corrected chi connectivity index (χ2v) is 9.48. The van der Waals surface area contributed by atoms with Gasteiger partial charge in [0.25, 0.3) is 0 Å². The molecule has 0 bridgehead atoms. The number of carbonyl (C=O) groups excluding carboxylic acids is 1. The first-order valence-electron chi connectivity index (χ1n) is 11.4. The minimum absolute atomic E-state index is 0.0759. The average Bonchev–Trinajstić information content (AvgIpc) is 3.40. The zero-order chi connectivity index (χ0) is 22.3. The number of hydrogen-bond donors (Lipinski definition) is 1.